The second-order valence-corrected chi connectivity index (χ2v) is 9.09. The van der Waals surface area contributed by atoms with Crippen LogP contribution in [-0.4, -0.2) is 43.6 Å². The maximum Gasteiger partial charge on any atom is 0.273 e. The molecule has 0 atom stereocenters. The van der Waals surface area contributed by atoms with E-state index in [0.29, 0.717) is 30.3 Å². The van der Waals surface area contributed by atoms with Gasteiger partial charge in [-0.3, -0.25) is 14.3 Å². The van der Waals surface area contributed by atoms with Crippen molar-refractivity contribution in [2.45, 2.75) is 38.6 Å². The van der Waals surface area contributed by atoms with Gasteiger partial charge in [0.1, 0.15) is 5.01 Å². The maximum absolute atomic E-state index is 12.3. The number of amides is 2. The second kappa shape index (κ2) is 12.5. The van der Waals surface area contributed by atoms with Crippen LogP contribution in [0.4, 0.5) is 5.13 Å². The van der Waals surface area contributed by atoms with Crippen molar-refractivity contribution in [3.8, 4) is 0 Å². The average molecular weight is 490 g/mol. The van der Waals surface area contributed by atoms with Crippen LogP contribution in [0.2, 0.25) is 0 Å². The van der Waals surface area contributed by atoms with Crippen LogP contribution in [0.1, 0.15) is 39.5 Å². The highest BCUT2D eigenvalue weighted by molar-refractivity contribution is 7.15. The minimum atomic E-state index is -0.220. The molecule has 2 N–H and O–H groups in total. The van der Waals surface area contributed by atoms with Crippen molar-refractivity contribution in [3.05, 3.63) is 88.7 Å². The first-order chi connectivity index (χ1) is 17.2. The van der Waals surface area contributed by atoms with Gasteiger partial charge in [-0.05, 0) is 30.4 Å². The first-order valence-electron chi connectivity index (χ1n) is 11.5. The Morgan fingerprint density at radius 2 is 1.60 bits per heavy atom. The molecule has 10 heteroatoms. The number of hydrogen-bond donors (Lipinski definition) is 2. The average Bonchev–Trinajstić information content (AvgIpc) is 3.53. The molecule has 0 bridgehead atoms. The number of hydrogen-bond acceptors (Lipinski definition) is 7. The van der Waals surface area contributed by atoms with Gasteiger partial charge < -0.3 is 10.6 Å². The highest BCUT2D eigenvalue weighted by atomic mass is 32.1. The van der Waals surface area contributed by atoms with E-state index >= 15 is 0 Å². The monoisotopic (exact) mass is 489 g/mol. The van der Waals surface area contributed by atoms with E-state index in [1.165, 1.54) is 16.9 Å². The van der Waals surface area contributed by atoms with Gasteiger partial charge >= 0.3 is 0 Å². The van der Waals surface area contributed by atoms with Crippen molar-refractivity contribution >= 4 is 28.3 Å². The lowest BCUT2D eigenvalue weighted by Crippen LogP contribution is -2.26. The first-order valence-corrected chi connectivity index (χ1v) is 12.4. The number of aromatic nitrogens is 5. The second-order valence-electron chi connectivity index (χ2n) is 8.03. The Kier molecular flexibility index (Phi) is 8.66. The Morgan fingerprint density at radius 3 is 2.37 bits per heavy atom. The summed E-state index contributed by atoms with van der Waals surface area (Å²) in [5.74, 6) is -0.326. The normalized spacial score (nSPS) is 10.7. The number of nitrogens with zero attached hydrogens (tertiary/aromatic N) is 5. The molecule has 2 amide bonds. The molecular weight excluding hydrogens is 462 g/mol. The van der Waals surface area contributed by atoms with E-state index in [9.17, 15) is 9.59 Å². The molecule has 2 heterocycles. The zero-order chi connectivity index (χ0) is 24.3. The summed E-state index contributed by atoms with van der Waals surface area (Å²) in [5.41, 5.74) is 2.45. The topological polar surface area (TPSA) is 115 Å². The summed E-state index contributed by atoms with van der Waals surface area (Å²) in [6, 6.07) is 19.6. The van der Waals surface area contributed by atoms with E-state index in [0.717, 1.165) is 36.3 Å². The number of benzene rings is 2. The van der Waals surface area contributed by atoms with Crippen molar-refractivity contribution in [2.24, 2.45) is 0 Å². The van der Waals surface area contributed by atoms with Crippen LogP contribution in [0, 0.1) is 0 Å². The van der Waals surface area contributed by atoms with E-state index in [1.807, 2.05) is 60.7 Å². The molecule has 2 aromatic heterocycles. The van der Waals surface area contributed by atoms with Crippen molar-refractivity contribution in [1.29, 1.82) is 0 Å². The van der Waals surface area contributed by atoms with Crippen molar-refractivity contribution in [2.75, 3.05) is 11.9 Å². The molecule has 0 unspecified atom stereocenters. The molecule has 0 aliphatic heterocycles. The molecule has 9 nitrogen and oxygen atoms in total. The van der Waals surface area contributed by atoms with Gasteiger partial charge in [0.05, 0.1) is 12.6 Å². The number of rotatable bonds is 12. The molecule has 0 spiro atoms. The zero-order valence-electron chi connectivity index (χ0n) is 19.3. The van der Waals surface area contributed by atoms with Gasteiger partial charge in [0.15, 0.2) is 5.69 Å². The Labute approximate surface area is 207 Å². The smallest absolute Gasteiger partial charge is 0.273 e. The number of aryl methyl sites for hydroxylation is 2. The van der Waals surface area contributed by atoms with Gasteiger partial charge in [-0.15, -0.1) is 15.3 Å². The third kappa shape index (κ3) is 7.82. The van der Waals surface area contributed by atoms with Crippen LogP contribution < -0.4 is 10.6 Å². The fourth-order valence-corrected chi connectivity index (χ4v) is 4.26. The molecule has 0 saturated heterocycles. The summed E-state index contributed by atoms with van der Waals surface area (Å²) >= 11 is 1.39. The lowest BCUT2D eigenvalue weighted by molar-refractivity contribution is -0.115. The zero-order valence-corrected chi connectivity index (χ0v) is 20.1. The van der Waals surface area contributed by atoms with Gasteiger partial charge in [-0.2, -0.15) is 0 Å². The summed E-state index contributed by atoms with van der Waals surface area (Å²) in [6.45, 7) is 1.20. The van der Waals surface area contributed by atoms with Crippen LogP contribution >= 0.6 is 11.3 Å². The van der Waals surface area contributed by atoms with E-state index < -0.39 is 0 Å². The molecule has 0 aliphatic carbocycles. The number of carbonyl (C=O) groups excluding carboxylic acids is 2. The summed E-state index contributed by atoms with van der Waals surface area (Å²) in [6.07, 6.45) is 5.24. The van der Waals surface area contributed by atoms with Crippen LogP contribution in [0.25, 0.3) is 0 Å². The molecular formula is C25H27N7O2S. The molecule has 0 radical (unpaired) electrons. The predicted molar refractivity (Wildman–Crippen MR) is 134 cm³/mol. The van der Waals surface area contributed by atoms with Gasteiger partial charge in [0.25, 0.3) is 5.91 Å². The lowest BCUT2D eigenvalue weighted by Gasteiger charge is -2.03. The van der Waals surface area contributed by atoms with Crippen molar-refractivity contribution < 1.29 is 9.59 Å². The van der Waals surface area contributed by atoms with Crippen LogP contribution in [0.15, 0.2) is 66.9 Å². The molecule has 0 saturated carbocycles. The molecule has 0 aliphatic rings. The number of nitrogens with one attached hydrogen (secondary N) is 2. The molecule has 180 valence electrons. The largest absolute Gasteiger partial charge is 0.350 e. The maximum atomic E-state index is 12.3. The SMILES string of the molecule is O=C(Cc1ccccc1)Nc1nnc(CCCCn2cc(C(=O)NCCc3ccccc3)nn2)s1. The molecule has 0 fully saturated rings. The molecule has 4 aromatic rings. The summed E-state index contributed by atoms with van der Waals surface area (Å²) in [4.78, 5) is 24.4. The Hall–Kier alpha value is -3.92. The third-order valence-electron chi connectivity index (χ3n) is 5.26. The standard InChI is InChI=1S/C25H27N7O2S/c33-22(17-20-11-5-2-6-12-20)27-25-30-29-23(35-25)13-7-8-16-32-18-21(28-31-32)24(34)26-15-14-19-9-3-1-4-10-19/h1-6,9-12,18H,7-8,13-17H2,(H,26,34)(H,27,30,33). The fourth-order valence-electron chi connectivity index (χ4n) is 3.47. The Balaban J connectivity index is 1.13. The van der Waals surface area contributed by atoms with Crippen LogP contribution in [0.5, 0.6) is 0 Å². The van der Waals surface area contributed by atoms with E-state index in [2.05, 4.69) is 31.1 Å². The van der Waals surface area contributed by atoms with Gasteiger partial charge in [-0.25, -0.2) is 0 Å². The Bertz CT molecular complexity index is 1220. The fraction of sp³-hybridized carbons (Fsp3) is 0.280. The van der Waals surface area contributed by atoms with Crippen molar-refractivity contribution in [3.63, 3.8) is 0 Å². The minimum Gasteiger partial charge on any atom is -0.350 e. The van der Waals surface area contributed by atoms with Crippen LogP contribution in [-0.2, 0) is 30.6 Å². The number of carbonyl (C=O) groups is 2. The van der Waals surface area contributed by atoms with Gasteiger partial charge in [-0.1, -0.05) is 77.2 Å². The lowest BCUT2D eigenvalue weighted by atomic mass is 10.1. The van der Waals surface area contributed by atoms with Gasteiger partial charge in [0, 0.05) is 19.5 Å². The highest BCUT2D eigenvalue weighted by Gasteiger charge is 2.11. The van der Waals surface area contributed by atoms with Crippen molar-refractivity contribution in [1.82, 2.24) is 30.5 Å². The molecule has 4 rings (SSSR count). The first kappa shape index (κ1) is 24.2. The minimum absolute atomic E-state index is 0.106. The summed E-state index contributed by atoms with van der Waals surface area (Å²) < 4.78 is 1.68. The number of anilines is 1. The quantitative estimate of drug-likeness (QED) is 0.295. The molecule has 35 heavy (non-hydrogen) atoms. The third-order valence-corrected chi connectivity index (χ3v) is 6.16. The number of unbranched alkanes of at least 4 members (excludes halogenated alkanes) is 1. The highest BCUT2D eigenvalue weighted by Crippen LogP contribution is 2.17. The van der Waals surface area contributed by atoms with Crippen LogP contribution in [0.3, 0.4) is 0 Å². The Morgan fingerprint density at radius 1 is 0.857 bits per heavy atom. The van der Waals surface area contributed by atoms with E-state index in [4.69, 9.17) is 0 Å². The molecule has 2 aromatic carbocycles. The summed E-state index contributed by atoms with van der Waals surface area (Å²) in [7, 11) is 0. The van der Waals surface area contributed by atoms with E-state index in [-0.39, 0.29) is 11.8 Å². The summed E-state index contributed by atoms with van der Waals surface area (Å²) in [5, 5.41) is 23.3. The predicted octanol–water partition coefficient (Wildman–Crippen LogP) is 3.31. The van der Waals surface area contributed by atoms with Gasteiger partial charge in [0.2, 0.25) is 11.0 Å². The van der Waals surface area contributed by atoms with E-state index in [1.54, 1.807) is 10.9 Å².